The molecule has 1 saturated heterocycles. The van der Waals surface area contributed by atoms with E-state index in [1.807, 2.05) is 0 Å². The molecule has 1 aliphatic heterocycles. The van der Waals surface area contributed by atoms with Crippen LogP contribution < -0.4 is 5.56 Å². The van der Waals surface area contributed by atoms with Gasteiger partial charge in [0.05, 0.1) is 7.11 Å². The average Bonchev–Trinajstić information content (AvgIpc) is 2.45. The molecular formula is C15H20N2O4. The fourth-order valence-corrected chi connectivity index (χ4v) is 2.82. The number of hydrogen-bond donors (Lipinski definition) is 1. The molecule has 21 heavy (non-hydrogen) atoms. The van der Waals surface area contributed by atoms with E-state index >= 15 is 0 Å². The second-order valence-electron chi connectivity index (χ2n) is 5.37. The number of piperidine rings is 1. The van der Waals surface area contributed by atoms with Gasteiger partial charge < -0.3 is 14.6 Å². The fourth-order valence-electron chi connectivity index (χ4n) is 2.82. The summed E-state index contributed by atoms with van der Waals surface area (Å²) in [6.07, 6.45) is 2.26. The normalized spacial score (nSPS) is 18.4. The largest absolute Gasteiger partial charge is 0.467 e. The predicted molar refractivity (Wildman–Crippen MR) is 77.2 cm³/mol. The van der Waals surface area contributed by atoms with E-state index in [9.17, 15) is 14.4 Å². The molecule has 114 valence electrons. The molecule has 0 bridgehead atoms. The number of H-pyrrole nitrogens is 1. The van der Waals surface area contributed by atoms with E-state index < -0.39 is 23.5 Å². The van der Waals surface area contributed by atoms with Crippen molar-refractivity contribution in [2.45, 2.75) is 39.2 Å². The van der Waals surface area contributed by atoms with Crippen LogP contribution in [-0.4, -0.2) is 41.5 Å². The number of aromatic amines is 1. The highest BCUT2D eigenvalue weighted by molar-refractivity contribution is 5.97. The first-order valence-corrected chi connectivity index (χ1v) is 7.05. The minimum Gasteiger partial charge on any atom is -0.467 e. The maximum atomic E-state index is 12.7. The first-order chi connectivity index (χ1) is 9.95. The zero-order valence-electron chi connectivity index (χ0n) is 12.6. The number of rotatable bonds is 2. The van der Waals surface area contributed by atoms with Crippen molar-refractivity contribution in [3.63, 3.8) is 0 Å². The molecule has 6 heteroatoms. The molecule has 0 radical (unpaired) electrons. The number of aryl methyl sites for hydroxylation is 2. The maximum absolute atomic E-state index is 12.7. The third-order valence-corrected chi connectivity index (χ3v) is 3.82. The molecule has 1 aliphatic rings. The Bertz CT molecular complexity index is 621. The van der Waals surface area contributed by atoms with Crippen LogP contribution in [0, 0.1) is 13.8 Å². The van der Waals surface area contributed by atoms with Crippen molar-refractivity contribution in [1.29, 1.82) is 0 Å². The summed E-state index contributed by atoms with van der Waals surface area (Å²) in [6, 6.07) is 1.16. The summed E-state index contributed by atoms with van der Waals surface area (Å²) in [5, 5.41) is 0. The lowest BCUT2D eigenvalue weighted by Gasteiger charge is -2.33. The Hall–Kier alpha value is -2.11. The van der Waals surface area contributed by atoms with Crippen molar-refractivity contribution < 1.29 is 14.3 Å². The second-order valence-corrected chi connectivity index (χ2v) is 5.37. The number of methoxy groups -OCH3 is 1. The predicted octanol–water partition coefficient (Wildman–Crippen LogP) is 1.16. The highest BCUT2D eigenvalue weighted by atomic mass is 16.5. The fraction of sp³-hybridized carbons (Fsp3) is 0.533. The number of amides is 1. The summed E-state index contributed by atoms with van der Waals surface area (Å²) in [4.78, 5) is 40.7. The maximum Gasteiger partial charge on any atom is 0.328 e. The van der Waals surface area contributed by atoms with E-state index in [-0.39, 0.29) is 5.56 Å². The molecule has 0 aliphatic carbocycles. The molecule has 1 N–H and O–H groups in total. The minimum atomic E-state index is -0.601. The van der Waals surface area contributed by atoms with Gasteiger partial charge in [-0.15, -0.1) is 0 Å². The van der Waals surface area contributed by atoms with Crippen LogP contribution in [0.3, 0.4) is 0 Å². The highest BCUT2D eigenvalue weighted by Crippen LogP contribution is 2.20. The number of aromatic nitrogens is 1. The quantitative estimate of drug-likeness (QED) is 0.830. The number of likely N-dealkylation sites (tertiary alicyclic amines) is 1. The van der Waals surface area contributed by atoms with Crippen LogP contribution >= 0.6 is 0 Å². The third-order valence-electron chi connectivity index (χ3n) is 3.82. The average molecular weight is 292 g/mol. The number of pyridine rings is 1. The first kappa shape index (κ1) is 15.3. The smallest absolute Gasteiger partial charge is 0.328 e. The molecule has 1 fully saturated rings. The van der Waals surface area contributed by atoms with Crippen LogP contribution in [0.4, 0.5) is 0 Å². The van der Waals surface area contributed by atoms with Crippen molar-refractivity contribution in [3.8, 4) is 0 Å². The number of carbonyl (C=O) groups is 2. The number of ether oxygens (including phenoxy) is 1. The molecule has 0 aromatic carbocycles. The van der Waals surface area contributed by atoms with E-state index in [4.69, 9.17) is 4.74 Å². The zero-order valence-corrected chi connectivity index (χ0v) is 12.6. The SMILES string of the molecule is COC(=O)[C@H]1CCCCN1C(=O)c1c(C)cc(C)[nH]c1=O. The van der Waals surface area contributed by atoms with Crippen LogP contribution in [0.2, 0.25) is 0 Å². The van der Waals surface area contributed by atoms with E-state index in [1.165, 1.54) is 12.0 Å². The third kappa shape index (κ3) is 2.99. The van der Waals surface area contributed by atoms with Gasteiger partial charge in [0.15, 0.2) is 0 Å². The Labute approximate surface area is 123 Å². The van der Waals surface area contributed by atoms with Crippen LogP contribution in [0.25, 0.3) is 0 Å². The molecule has 1 aromatic heterocycles. The first-order valence-electron chi connectivity index (χ1n) is 7.05. The topological polar surface area (TPSA) is 79.5 Å². The van der Waals surface area contributed by atoms with Crippen molar-refractivity contribution in [2.24, 2.45) is 0 Å². The van der Waals surface area contributed by atoms with E-state index in [2.05, 4.69) is 4.98 Å². The van der Waals surface area contributed by atoms with Gasteiger partial charge in [-0.25, -0.2) is 4.79 Å². The Balaban J connectivity index is 2.38. The summed E-state index contributed by atoms with van der Waals surface area (Å²) < 4.78 is 4.77. The van der Waals surface area contributed by atoms with Crippen molar-refractivity contribution in [1.82, 2.24) is 9.88 Å². The van der Waals surface area contributed by atoms with Crippen molar-refractivity contribution in [3.05, 3.63) is 33.2 Å². The number of nitrogens with one attached hydrogen (secondary N) is 1. The van der Waals surface area contributed by atoms with E-state index in [0.29, 0.717) is 24.2 Å². The van der Waals surface area contributed by atoms with Crippen LogP contribution in [0.1, 0.15) is 40.9 Å². The molecule has 0 unspecified atom stereocenters. The van der Waals surface area contributed by atoms with Crippen LogP contribution in [-0.2, 0) is 9.53 Å². The molecule has 1 aromatic rings. The number of carbonyl (C=O) groups excluding carboxylic acids is 2. The molecule has 0 saturated carbocycles. The van der Waals surface area contributed by atoms with Crippen molar-refractivity contribution >= 4 is 11.9 Å². The van der Waals surface area contributed by atoms with Gasteiger partial charge in [0.1, 0.15) is 11.6 Å². The van der Waals surface area contributed by atoms with Gasteiger partial charge in [0, 0.05) is 12.2 Å². The van der Waals surface area contributed by atoms with Gasteiger partial charge in [-0.2, -0.15) is 0 Å². The molecule has 6 nitrogen and oxygen atoms in total. The Morgan fingerprint density at radius 1 is 1.33 bits per heavy atom. The number of nitrogens with zero attached hydrogens (tertiary/aromatic N) is 1. The summed E-state index contributed by atoms with van der Waals surface area (Å²) in [5.74, 6) is -0.826. The molecule has 1 amide bonds. The van der Waals surface area contributed by atoms with Gasteiger partial charge in [0.2, 0.25) is 0 Å². The second kappa shape index (κ2) is 6.11. The minimum absolute atomic E-state index is 0.108. The van der Waals surface area contributed by atoms with Gasteiger partial charge >= 0.3 is 5.97 Å². The van der Waals surface area contributed by atoms with Crippen LogP contribution in [0.15, 0.2) is 10.9 Å². The lowest BCUT2D eigenvalue weighted by molar-refractivity contribution is -0.147. The molecular weight excluding hydrogens is 272 g/mol. The van der Waals surface area contributed by atoms with Gasteiger partial charge in [-0.1, -0.05) is 0 Å². The summed E-state index contributed by atoms with van der Waals surface area (Å²) in [5.41, 5.74) is 1.02. The Kier molecular flexibility index (Phi) is 4.45. The Morgan fingerprint density at radius 3 is 2.67 bits per heavy atom. The standard InChI is InChI=1S/C15H20N2O4/c1-9-8-10(2)16-13(18)12(9)14(19)17-7-5-4-6-11(17)15(20)21-3/h8,11H,4-7H2,1-3H3,(H,16,18)/t11-/m1/s1. The van der Waals surface area contributed by atoms with Crippen molar-refractivity contribution in [2.75, 3.05) is 13.7 Å². The Morgan fingerprint density at radius 2 is 2.05 bits per heavy atom. The molecule has 0 spiro atoms. The monoisotopic (exact) mass is 292 g/mol. The molecule has 2 heterocycles. The van der Waals surface area contributed by atoms with Gasteiger partial charge in [0.25, 0.3) is 11.5 Å². The lowest BCUT2D eigenvalue weighted by atomic mass is 10.00. The zero-order chi connectivity index (χ0) is 15.6. The number of hydrogen-bond acceptors (Lipinski definition) is 4. The highest BCUT2D eigenvalue weighted by Gasteiger charge is 2.34. The van der Waals surface area contributed by atoms with E-state index in [1.54, 1.807) is 19.9 Å². The summed E-state index contributed by atoms with van der Waals surface area (Å²) in [6.45, 7) is 3.96. The molecule has 1 atom stereocenters. The molecule has 2 rings (SSSR count). The van der Waals surface area contributed by atoms with Gasteiger partial charge in [-0.05, 0) is 44.7 Å². The van der Waals surface area contributed by atoms with Gasteiger partial charge in [-0.3, -0.25) is 9.59 Å². The van der Waals surface area contributed by atoms with Crippen LogP contribution in [0.5, 0.6) is 0 Å². The lowest BCUT2D eigenvalue weighted by Crippen LogP contribution is -2.49. The summed E-state index contributed by atoms with van der Waals surface area (Å²) in [7, 11) is 1.31. The summed E-state index contributed by atoms with van der Waals surface area (Å²) >= 11 is 0. The number of esters is 1. The van der Waals surface area contributed by atoms with E-state index in [0.717, 1.165) is 12.8 Å².